The summed E-state index contributed by atoms with van der Waals surface area (Å²) in [4.78, 5) is 0. The van der Waals surface area contributed by atoms with Crippen LogP contribution in [0.15, 0.2) is 48.8 Å². The Balaban J connectivity index is 2.12. The maximum atomic E-state index is 13.8. The number of fused-ring (bicyclic) bond motifs is 1. The summed E-state index contributed by atoms with van der Waals surface area (Å²) in [5.74, 6) is -0.221. The van der Waals surface area contributed by atoms with Gasteiger partial charge in [-0.2, -0.15) is 5.10 Å². The van der Waals surface area contributed by atoms with E-state index in [1.54, 1.807) is 18.3 Å². The van der Waals surface area contributed by atoms with Gasteiger partial charge < -0.3 is 5.73 Å². The number of halogens is 1. The number of hydrogen-bond donors (Lipinski definition) is 1. The molecule has 1 aromatic heterocycles. The summed E-state index contributed by atoms with van der Waals surface area (Å²) in [6, 6.07) is 10.3. The number of aryl methyl sites for hydroxylation is 1. The second kappa shape index (κ2) is 5.06. The number of rotatable bonds is 3. The lowest BCUT2D eigenvalue weighted by Gasteiger charge is -2.13. The largest absolute Gasteiger partial charge is 0.320 e. The first kappa shape index (κ1) is 12.8. The second-order valence-electron chi connectivity index (χ2n) is 4.79. The third kappa shape index (κ3) is 2.08. The summed E-state index contributed by atoms with van der Waals surface area (Å²) in [5, 5.41) is 5.69. The molecule has 3 rings (SSSR count). The Bertz CT molecular complexity index is 748. The van der Waals surface area contributed by atoms with Gasteiger partial charge in [-0.15, -0.1) is 0 Å². The molecule has 3 nitrogen and oxygen atoms in total. The van der Waals surface area contributed by atoms with Gasteiger partial charge in [-0.05, 0) is 23.9 Å². The van der Waals surface area contributed by atoms with Crippen molar-refractivity contribution in [1.29, 1.82) is 0 Å². The van der Waals surface area contributed by atoms with E-state index < -0.39 is 0 Å². The highest BCUT2D eigenvalue weighted by Gasteiger charge is 2.15. The molecule has 4 heteroatoms. The van der Waals surface area contributed by atoms with Gasteiger partial charge in [0.15, 0.2) is 0 Å². The molecular formula is C16H16FN3. The fraction of sp³-hybridized carbons (Fsp3) is 0.188. The minimum Gasteiger partial charge on any atom is -0.320 e. The summed E-state index contributed by atoms with van der Waals surface area (Å²) in [6.45, 7) is 2.83. The minimum absolute atomic E-state index is 0.221. The molecule has 0 amide bonds. The van der Waals surface area contributed by atoms with Crippen LogP contribution in [-0.2, 0) is 6.54 Å². The zero-order valence-corrected chi connectivity index (χ0v) is 11.3. The van der Waals surface area contributed by atoms with Gasteiger partial charge in [0.25, 0.3) is 0 Å². The van der Waals surface area contributed by atoms with Gasteiger partial charge in [-0.3, -0.25) is 4.68 Å². The van der Waals surface area contributed by atoms with Crippen LogP contribution >= 0.6 is 0 Å². The molecule has 1 atom stereocenters. The first-order valence-corrected chi connectivity index (χ1v) is 6.65. The second-order valence-corrected chi connectivity index (χ2v) is 4.79. The highest BCUT2D eigenvalue weighted by Crippen LogP contribution is 2.28. The van der Waals surface area contributed by atoms with Crippen LogP contribution < -0.4 is 5.73 Å². The van der Waals surface area contributed by atoms with Crippen molar-refractivity contribution in [3.8, 4) is 0 Å². The van der Waals surface area contributed by atoms with Crippen LogP contribution in [-0.4, -0.2) is 9.78 Å². The van der Waals surface area contributed by atoms with Crippen molar-refractivity contribution >= 4 is 10.8 Å². The van der Waals surface area contributed by atoms with Gasteiger partial charge in [0.05, 0.1) is 12.2 Å². The summed E-state index contributed by atoms with van der Waals surface area (Å²) in [7, 11) is 0. The standard InChI is InChI=1S/C16H16FN3/c1-2-20-10-11(9-19-20)16(18)14-7-8-15(17)13-6-4-3-5-12(13)14/h3-10,16H,2,18H2,1H3. The van der Waals surface area contributed by atoms with E-state index in [4.69, 9.17) is 5.73 Å². The Morgan fingerprint density at radius 1 is 1.20 bits per heavy atom. The molecule has 0 aliphatic heterocycles. The van der Waals surface area contributed by atoms with E-state index in [-0.39, 0.29) is 11.9 Å². The first-order valence-electron chi connectivity index (χ1n) is 6.65. The smallest absolute Gasteiger partial charge is 0.131 e. The Hall–Kier alpha value is -2.20. The third-order valence-corrected chi connectivity index (χ3v) is 3.58. The Labute approximate surface area is 116 Å². The first-order chi connectivity index (χ1) is 9.70. The fourth-order valence-corrected chi connectivity index (χ4v) is 2.45. The predicted octanol–water partition coefficient (Wildman–Crippen LogP) is 3.24. The van der Waals surface area contributed by atoms with Crippen molar-refractivity contribution in [2.45, 2.75) is 19.5 Å². The summed E-state index contributed by atoms with van der Waals surface area (Å²) in [6.07, 6.45) is 3.70. The predicted molar refractivity (Wildman–Crippen MR) is 77.8 cm³/mol. The van der Waals surface area contributed by atoms with Crippen LogP contribution in [0.5, 0.6) is 0 Å². The lowest BCUT2D eigenvalue weighted by molar-refractivity contribution is 0.639. The molecule has 3 aromatic rings. The molecule has 0 bridgehead atoms. The van der Waals surface area contributed by atoms with Crippen molar-refractivity contribution in [2.75, 3.05) is 0 Å². The van der Waals surface area contributed by atoms with Crippen molar-refractivity contribution in [3.63, 3.8) is 0 Å². The van der Waals surface area contributed by atoms with Gasteiger partial charge >= 0.3 is 0 Å². The van der Waals surface area contributed by atoms with Crippen molar-refractivity contribution in [1.82, 2.24) is 9.78 Å². The normalized spacial score (nSPS) is 12.8. The molecule has 0 aliphatic rings. The van der Waals surface area contributed by atoms with Gasteiger partial charge in [0.2, 0.25) is 0 Å². The Morgan fingerprint density at radius 3 is 2.65 bits per heavy atom. The van der Waals surface area contributed by atoms with E-state index in [0.29, 0.717) is 5.39 Å². The summed E-state index contributed by atoms with van der Waals surface area (Å²) >= 11 is 0. The molecule has 0 saturated carbocycles. The Morgan fingerprint density at radius 2 is 1.95 bits per heavy atom. The van der Waals surface area contributed by atoms with Gasteiger partial charge in [-0.1, -0.05) is 30.3 Å². The SMILES string of the molecule is CCn1cc(C(N)c2ccc(F)c3ccccc23)cn1. The van der Waals surface area contributed by atoms with Crippen LogP contribution in [0.25, 0.3) is 10.8 Å². The zero-order valence-electron chi connectivity index (χ0n) is 11.3. The summed E-state index contributed by atoms with van der Waals surface area (Å²) < 4.78 is 15.7. The molecule has 0 fully saturated rings. The van der Waals surface area contributed by atoms with Crippen LogP contribution in [0.2, 0.25) is 0 Å². The van der Waals surface area contributed by atoms with Crippen molar-refractivity contribution < 1.29 is 4.39 Å². The average Bonchev–Trinajstić information content (AvgIpc) is 2.96. The third-order valence-electron chi connectivity index (χ3n) is 3.58. The Kier molecular flexibility index (Phi) is 3.24. The van der Waals surface area contributed by atoms with Gasteiger partial charge in [0, 0.05) is 23.7 Å². The van der Waals surface area contributed by atoms with E-state index in [2.05, 4.69) is 5.10 Å². The zero-order chi connectivity index (χ0) is 14.1. The molecule has 1 unspecified atom stereocenters. The van der Waals surface area contributed by atoms with E-state index in [1.165, 1.54) is 6.07 Å². The van der Waals surface area contributed by atoms with Crippen LogP contribution in [0.1, 0.15) is 24.1 Å². The van der Waals surface area contributed by atoms with Crippen LogP contribution in [0.3, 0.4) is 0 Å². The van der Waals surface area contributed by atoms with Crippen LogP contribution in [0.4, 0.5) is 4.39 Å². The van der Waals surface area contributed by atoms with Crippen molar-refractivity contribution in [2.24, 2.45) is 5.73 Å². The molecule has 0 saturated heterocycles. The van der Waals surface area contributed by atoms with Gasteiger partial charge in [0.1, 0.15) is 5.82 Å². The van der Waals surface area contributed by atoms with E-state index in [1.807, 2.05) is 36.0 Å². The van der Waals surface area contributed by atoms with Gasteiger partial charge in [-0.25, -0.2) is 4.39 Å². The van der Waals surface area contributed by atoms with Crippen LogP contribution in [0, 0.1) is 5.82 Å². The number of nitrogens with two attached hydrogens (primary N) is 1. The molecular weight excluding hydrogens is 253 g/mol. The molecule has 0 aliphatic carbocycles. The highest BCUT2D eigenvalue weighted by molar-refractivity contribution is 5.87. The van der Waals surface area contributed by atoms with E-state index >= 15 is 0 Å². The number of benzene rings is 2. The minimum atomic E-state index is -0.305. The van der Waals surface area contributed by atoms with Crippen molar-refractivity contribution in [3.05, 3.63) is 65.7 Å². The van der Waals surface area contributed by atoms with E-state index in [0.717, 1.165) is 23.1 Å². The number of nitrogens with zero attached hydrogens (tertiary/aromatic N) is 2. The highest BCUT2D eigenvalue weighted by atomic mass is 19.1. The molecule has 0 radical (unpaired) electrons. The molecule has 102 valence electrons. The van der Waals surface area contributed by atoms with E-state index in [9.17, 15) is 4.39 Å². The fourth-order valence-electron chi connectivity index (χ4n) is 2.45. The monoisotopic (exact) mass is 269 g/mol. The number of aromatic nitrogens is 2. The molecule has 1 heterocycles. The topological polar surface area (TPSA) is 43.8 Å². The molecule has 0 spiro atoms. The maximum Gasteiger partial charge on any atom is 0.131 e. The molecule has 20 heavy (non-hydrogen) atoms. The maximum absolute atomic E-state index is 13.8. The summed E-state index contributed by atoms with van der Waals surface area (Å²) in [5.41, 5.74) is 8.17. The lowest BCUT2D eigenvalue weighted by Crippen LogP contribution is -2.12. The number of hydrogen-bond acceptors (Lipinski definition) is 2. The molecule has 2 aromatic carbocycles. The average molecular weight is 269 g/mol. The molecule has 2 N–H and O–H groups in total. The quantitative estimate of drug-likeness (QED) is 0.793. The lowest BCUT2D eigenvalue weighted by atomic mass is 9.96.